The van der Waals surface area contributed by atoms with Gasteiger partial charge in [0.05, 0.1) is 20.6 Å². The average Bonchev–Trinajstić information content (AvgIpc) is 2.16. The second kappa shape index (κ2) is 6.14. The maximum absolute atomic E-state index is 10.5. The lowest BCUT2D eigenvalue weighted by Gasteiger charge is -2.08. The van der Waals surface area contributed by atoms with Gasteiger partial charge >= 0.3 is 5.97 Å². The van der Waals surface area contributed by atoms with Crippen molar-refractivity contribution in [1.82, 2.24) is 0 Å². The van der Waals surface area contributed by atoms with E-state index in [-0.39, 0.29) is 18.8 Å². The maximum atomic E-state index is 10.5. The van der Waals surface area contributed by atoms with Crippen LogP contribution >= 0.6 is 12.4 Å². The van der Waals surface area contributed by atoms with Crippen molar-refractivity contribution in [1.29, 1.82) is 0 Å². The summed E-state index contributed by atoms with van der Waals surface area (Å²) < 4.78 is 10.1. The molecular formula is C10H13ClO4. The van der Waals surface area contributed by atoms with Gasteiger partial charge in [0.1, 0.15) is 0 Å². The summed E-state index contributed by atoms with van der Waals surface area (Å²) in [4.78, 5) is 10.5. The summed E-state index contributed by atoms with van der Waals surface area (Å²) >= 11 is 0. The molecule has 0 fully saturated rings. The Labute approximate surface area is 94.2 Å². The molecule has 1 aromatic rings. The van der Waals surface area contributed by atoms with E-state index in [1.165, 1.54) is 14.2 Å². The van der Waals surface area contributed by atoms with Gasteiger partial charge in [-0.1, -0.05) is 6.07 Å². The molecule has 0 heterocycles. The Morgan fingerprint density at radius 3 is 2.33 bits per heavy atom. The molecule has 0 aliphatic rings. The summed E-state index contributed by atoms with van der Waals surface area (Å²) in [5.41, 5.74) is 0.690. The molecular weight excluding hydrogens is 220 g/mol. The first-order valence-electron chi connectivity index (χ1n) is 4.10. The van der Waals surface area contributed by atoms with Crippen LogP contribution in [0.15, 0.2) is 18.2 Å². The lowest BCUT2D eigenvalue weighted by molar-refractivity contribution is -0.136. The fourth-order valence-electron chi connectivity index (χ4n) is 1.17. The molecule has 0 radical (unpaired) electrons. The van der Waals surface area contributed by atoms with E-state index in [9.17, 15) is 4.79 Å². The van der Waals surface area contributed by atoms with E-state index in [4.69, 9.17) is 14.6 Å². The van der Waals surface area contributed by atoms with E-state index in [0.717, 1.165) is 0 Å². The van der Waals surface area contributed by atoms with Crippen LogP contribution in [0.4, 0.5) is 0 Å². The number of hydrogen-bond donors (Lipinski definition) is 1. The van der Waals surface area contributed by atoms with Crippen LogP contribution in [0.2, 0.25) is 0 Å². The first-order valence-corrected chi connectivity index (χ1v) is 4.10. The molecule has 0 aliphatic heterocycles. The summed E-state index contributed by atoms with van der Waals surface area (Å²) in [7, 11) is 3.05. The Morgan fingerprint density at radius 1 is 1.27 bits per heavy atom. The standard InChI is InChI=1S/C10H12O4.ClH/c1-13-8-4-3-7(6-10(11)12)5-9(8)14-2;/h3-5H,6H2,1-2H3,(H,11,12);1H. The van der Waals surface area contributed by atoms with Crippen molar-refractivity contribution in [3.8, 4) is 11.5 Å². The molecule has 0 atom stereocenters. The Morgan fingerprint density at radius 2 is 1.87 bits per heavy atom. The molecule has 0 bridgehead atoms. The average molecular weight is 233 g/mol. The highest BCUT2D eigenvalue weighted by Crippen LogP contribution is 2.27. The van der Waals surface area contributed by atoms with Gasteiger partial charge in [-0.3, -0.25) is 4.79 Å². The predicted octanol–water partition coefficient (Wildman–Crippen LogP) is 1.75. The quantitative estimate of drug-likeness (QED) is 0.860. The molecule has 0 aromatic heterocycles. The maximum Gasteiger partial charge on any atom is 0.307 e. The molecule has 1 N–H and O–H groups in total. The second-order valence-corrected chi connectivity index (χ2v) is 2.76. The minimum absolute atomic E-state index is 0. The third-order valence-corrected chi connectivity index (χ3v) is 1.80. The molecule has 5 heteroatoms. The van der Waals surface area contributed by atoms with Gasteiger partial charge < -0.3 is 14.6 Å². The van der Waals surface area contributed by atoms with Gasteiger partial charge in [-0.05, 0) is 17.7 Å². The van der Waals surface area contributed by atoms with Crippen molar-refractivity contribution < 1.29 is 19.4 Å². The molecule has 84 valence electrons. The zero-order valence-corrected chi connectivity index (χ0v) is 9.34. The number of aliphatic carboxylic acids is 1. The van der Waals surface area contributed by atoms with Gasteiger partial charge in [0.25, 0.3) is 0 Å². The molecule has 0 saturated heterocycles. The van der Waals surface area contributed by atoms with Crippen molar-refractivity contribution >= 4 is 18.4 Å². The van der Waals surface area contributed by atoms with Crippen molar-refractivity contribution in [2.24, 2.45) is 0 Å². The normalized spacial score (nSPS) is 8.93. The predicted molar refractivity (Wildman–Crippen MR) is 58.1 cm³/mol. The van der Waals surface area contributed by atoms with E-state index in [1.54, 1.807) is 18.2 Å². The molecule has 4 nitrogen and oxygen atoms in total. The summed E-state index contributed by atoms with van der Waals surface area (Å²) in [6.07, 6.45) is -0.0135. The lowest BCUT2D eigenvalue weighted by Crippen LogP contribution is -2.00. The third kappa shape index (κ3) is 3.67. The molecule has 1 rings (SSSR count). The van der Waals surface area contributed by atoms with Crippen molar-refractivity contribution in [2.45, 2.75) is 6.42 Å². The minimum atomic E-state index is -0.864. The van der Waals surface area contributed by atoms with Gasteiger partial charge in [-0.15, -0.1) is 12.4 Å². The molecule has 15 heavy (non-hydrogen) atoms. The number of hydrogen-bond acceptors (Lipinski definition) is 3. The first-order chi connectivity index (χ1) is 6.67. The number of methoxy groups -OCH3 is 2. The molecule has 1 aromatic carbocycles. The van der Waals surface area contributed by atoms with Crippen LogP contribution in [-0.2, 0) is 11.2 Å². The largest absolute Gasteiger partial charge is 0.493 e. The Balaban J connectivity index is 0.00000196. The number of carbonyl (C=O) groups is 1. The monoisotopic (exact) mass is 232 g/mol. The zero-order valence-electron chi connectivity index (χ0n) is 8.52. The number of rotatable bonds is 4. The highest BCUT2D eigenvalue weighted by atomic mass is 35.5. The fourth-order valence-corrected chi connectivity index (χ4v) is 1.17. The molecule has 0 spiro atoms. The summed E-state index contributed by atoms with van der Waals surface area (Å²) in [5.74, 6) is 0.283. The van der Waals surface area contributed by atoms with Crippen LogP contribution in [0.3, 0.4) is 0 Å². The van der Waals surface area contributed by atoms with Crippen LogP contribution in [0.5, 0.6) is 11.5 Å². The van der Waals surface area contributed by atoms with E-state index < -0.39 is 5.97 Å². The van der Waals surface area contributed by atoms with Crippen LogP contribution in [0.1, 0.15) is 5.56 Å². The van der Waals surface area contributed by atoms with Crippen LogP contribution in [-0.4, -0.2) is 25.3 Å². The highest BCUT2D eigenvalue weighted by molar-refractivity contribution is 5.85. The zero-order chi connectivity index (χ0) is 10.6. The Bertz CT molecular complexity index is 338. The van der Waals surface area contributed by atoms with Crippen molar-refractivity contribution in [3.63, 3.8) is 0 Å². The van der Waals surface area contributed by atoms with Gasteiger partial charge in [-0.2, -0.15) is 0 Å². The Kier molecular flexibility index (Phi) is 5.56. The number of benzene rings is 1. The minimum Gasteiger partial charge on any atom is -0.493 e. The summed E-state index contributed by atoms with van der Waals surface area (Å²) in [6, 6.07) is 5.06. The fraction of sp³-hybridized carbons (Fsp3) is 0.300. The van der Waals surface area contributed by atoms with Gasteiger partial charge in [0.2, 0.25) is 0 Å². The molecule has 0 unspecified atom stereocenters. The van der Waals surface area contributed by atoms with Crippen molar-refractivity contribution in [3.05, 3.63) is 23.8 Å². The molecule has 0 aliphatic carbocycles. The number of ether oxygens (including phenoxy) is 2. The van der Waals surface area contributed by atoms with E-state index in [0.29, 0.717) is 17.1 Å². The SMILES string of the molecule is COc1ccc(CC(=O)O)cc1OC.Cl. The van der Waals surface area contributed by atoms with Crippen molar-refractivity contribution in [2.75, 3.05) is 14.2 Å². The number of halogens is 1. The highest BCUT2D eigenvalue weighted by Gasteiger charge is 2.06. The summed E-state index contributed by atoms with van der Waals surface area (Å²) in [6.45, 7) is 0. The third-order valence-electron chi connectivity index (χ3n) is 1.80. The van der Waals surface area contributed by atoms with Crippen LogP contribution in [0, 0.1) is 0 Å². The topological polar surface area (TPSA) is 55.8 Å². The van der Waals surface area contributed by atoms with Crippen LogP contribution in [0.25, 0.3) is 0 Å². The van der Waals surface area contributed by atoms with Gasteiger partial charge in [0, 0.05) is 0 Å². The van der Waals surface area contributed by atoms with Crippen LogP contribution < -0.4 is 9.47 Å². The lowest BCUT2D eigenvalue weighted by atomic mass is 10.1. The summed E-state index contributed by atoms with van der Waals surface area (Å²) in [5, 5.41) is 8.58. The number of carboxylic acids is 1. The smallest absolute Gasteiger partial charge is 0.307 e. The van der Waals surface area contributed by atoms with E-state index in [1.807, 2.05) is 0 Å². The Hall–Kier alpha value is -1.42. The van der Waals surface area contributed by atoms with Gasteiger partial charge in [0.15, 0.2) is 11.5 Å². The molecule has 0 amide bonds. The number of carboxylic acid groups (broad SMARTS) is 1. The van der Waals surface area contributed by atoms with E-state index in [2.05, 4.69) is 0 Å². The van der Waals surface area contributed by atoms with Gasteiger partial charge in [-0.25, -0.2) is 0 Å². The second-order valence-electron chi connectivity index (χ2n) is 2.76. The molecule has 0 saturated carbocycles. The van der Waals surface area contributed by atoms with E-state index >= 15 is 0 Å². The first kappa shape index (κ1) is 13.6.